The zero-order chi connectivity index (χ0) is 23.1. The van der Waals surface area contributed by atoms with Crippen molar-refractivity contribution in [2.75, 3.05) is 24.9 Å². The van der Waals surface area contributed by atoms with Crippen LogP contribution in [-0.2, 0) is 11.2 Å². The van der Waals surface area contributed by atoms with Crippen LogP contribution in [0, 0.1) is 5.82 Å². The fourth-order valence-electron chi connectivity index (χ4n) is 3.06. The van der Waals surface area contributed by atoms with Crippen LogP contribution in [0.1, 0.15) is 22.3 Å². The van der Waals surface area contributed by atoms with Crippen molar-refractivity contribution in [3.63, 3.8) is 0 Å². The van der Waals surface area contributed by atoms with E-state index in [1.807, 2.05) is 24.3 Å². The van der Waals surface area contributed by atoms with Gasteiger partial charge in [0.25, 0.3) is 5.91 Å². The van der Waals surface area contributed by atoms with Crippen molar-refractivity contribution >= 4 is 34.8 Å². The van der Waals surface area contributed by atoms with Gasteiger partial charge < -0.3 is 20.1 Å². The molecule has 0 spiro atoms. The van der Waals surface area contributed by atoms with Gasteiger partial charge in [-0.05, 0) is 60.5 Å². The second-order valence-electron chi connectivity index (χ2n) is 6.89. The molecule has 166 valence electrons. The van der Waals surface area contributed by atoms with Gasteiger partial charge in [-0.2, -0.15) is 0 Å². The Bertz CT molecular complexity index is 1140. The number of benzene rings is 3. The molecule has 0 saturated heterocycles. The van der Waals surface area contributed by atoms with Gasteiger partial charge in [0, 0.05) is 17.1 Å². The van der Waals surface area contributed by atoms with Crippen LogP contribution >= 0.6 is 11.6 Å². The fraction of sp³-hybridized carbons (Fsp3) is 0.167. The Labute approximate surface area is 190 Å². The summed E-state index contributed by atoms with van der Waals surface area (Å²) in [5.74, 6) is -0.508. The molecule has 8 heteroatoms. The van der Waals surface area contributed by atoms with Gasteiger partial charge in [0.05, 0.1) is 25.5 Å². The number of carbonyl (C=O) groups excluding carboxylic acids is 2. The highest BCUT2D eigenvalue weighted by Crippen LogP contribution is 2.29. The summed E-state index contributed by atoms with van der Waals surface area (Å²) >= 11 is 5.74. The molecule has 3 aromatic rings. The van der Waals surface area contributed by atoms with Crippen molar-refractivity contribution in [2.45, 2.75) is 12.8 Å². The number of nitrogens with one attached hydrogen (secondary N) is 2. The van der Waals surface area contributed by atoms with E-state index in [1.54, 1.807) is 25.3 Å². The van der Waals surface area contributed by atoms with Crippen LogP contribution < -0.4 is 20.1 Å². The summed E-state index contributed by atoms with van der Waals surface area (Å²) in [6.07, 6.45) is 0.801. The molecule has 2 N–H and O–H groups in total. The summed E-state index contributed by atoms with van der Waals surface area (Å²) in [6, 6.07) is 16.1. The van der Waals surface area contributed by atoms with E-state index in [0.717, 1.165) is 17.4 Å². The van der Waals surface area contributed by atoms with Crippen molar-refractivity contribution in [2.24, 2.45) is 0 Å². The SMILES string of the molecule is COc1cccc(CCC(=O)Nc2ccc(OC)c(NC(=O)c3ccc(Cl)cc3F)c2)c1. The average molecular weight is 457 g/mol. The van der Waals surface area contributed by atoms with Gasteiger partial charge in [0.2, 0.25) is 5.91 Å². The molecule has 0 atom stereocenters. The molecule has 0 heterocycles. The van der Waals surface area contributed by atoms with Crippen molar-refractivity contribution in [1.29, 1.82) is 0 Å². The van der Waals surface area contributed by atoms with Crippen molar-refractivity contribution in [1.82, 2.24) is 0 Å². The first-order valence-corrected chi connectivity index (χ1v) is 10.1. The summed E-state index contributed by atoms with van der Waals surface area (Å²) < 4.78 is 24.5. The standard InChI is InChI=1S/C24H22ClFN2O4/c1-31-18-5-3-4-15(12-18)6-11-23(29)27-17-8-10-22(32-2)21(14-17)28-24(30)19-9-7-16(25)13-20(19)26/h3-5,7-10,12-14H,6,11H2,1-2H3,(H,27,29)(H,28,30). The lowest BCUT2D eigenvalue weighted by atomic mass is 10.1. The van der Waals surface area contributed by atoms with Gasteiger partial charge in [-0.25, -0.2) is 4.39 Å². The van der Waals surface area contributed by atoms with Gasteiger partial charge in [0.1, 0.15) is 17.3 Å². The Morgan fingerprint density at radius 3 is 2.50 bits per heavy atom. The first-order valence-electron chi connectivity index (χ1n) is 9.77. The number of rotatable bonds is 8. The Morgan fingerprint density at radius 2 is 1.78 bits per heavy atom. The van der Waals surface area contributed by atoms with Crippen LogP contribution in [-0.4, -0.2) is 26.0 Å². The van der Waals surface area contributed by atoms with Gasteiger partial charge in [-0.15, -0.1) is 0 Å². The molecule has 0 saturated carbocycles. The summed E-state index contributed by atoms with van der Waals surface area (Å²) in [4.78, 5) is 24.9. The first-order chi connectivity index (χ1) is 15.4. The lowest BCUT2D eigenvalue weighted by Gasteiger charge is -2.13. The molecular formula is C24H22ClFN2O4. The van der Waals surface area contributed by atoms with Gasteiger partial charge in [0.15, 0.2) is 0 Å². The molecule has 0 unspecified atom stereocenters. The molecule has 6 nitrogen and oxygen atoms in total. The van der Waals surface area contributed by atoms with Crippen LogP contribution in [0.3, 0.4) is 0 Å². The smallest absolute Gasteiger partial charge is 0.258 e. The highest BCUT2D eigenvalue weighted by molar-refractivity contribution is 6.30. The number of anilines is 2. The molecule has 0 radical (unpaired) electrons. The maximum absolute atomic E-state index is 14.1. The van der Waals surface area contributed by atoms with Crippen molar-refractivity contribution in [3.8, 4) is 11.5 Å². The fourth-order valence-corrected chi connectivity index (χ4v) is 3.21. The number of aryl methyl sites for hydroxylation is 1. The Balaban J connectivity index is 1.68. The van der Waals surface area contributed by atoms with Crippen molar-refractivity contribution in [3.05, 3.63) is 82.6 Å². The summed E-state index contributed by atoms with van der Waals surface area (Å²) in [5, 5.41) is 5.60. The topological polar surface area (TPSA) is 76.7 Å². The maximum atomic E-state index is 14.1. The quantitative estimate of drug-likeness (QED) is 0.481. The minimum absolute atomic E-state index is 0.163. The van der Waals surface area contributed by atoms with E-state index in [4.69, 9.17) is 21.1 Å². The highest BCUT2D eigenvalue weighted by atomic mass is 35.5. The average Bonchev–Trinajstić information content (AvgIpc) is 2.78. The predicted molar refractivity (Wildman–Crippen MR) is 122 cm³/mol. The minimum Gasteiger partial charge on any atom is -0.497 e. The summed E-state index contributed by atoms with van der Waals surface area (Å²) in [6.45, 7) is 0. The lowest BCUT2D eigenvalue weighted by molar-refractivity contribution is -0.116. The van der Waals surface area contributed by atoms with E-state index in [9.17, 15) is 14.0 Å². The van der Waals surface area contributed by atoms with Crippen LogP contribution in [0.15, 0.2) is 60.7 Å². The summed E-state index contributed by atoms with van der Waals surface area (Å²) in [5.41, 5.74) is 1.57. The van der Waals surface area contributed by atoms with E-state index < -0.39 is 11.7 Å². The molecule has 2 amide bonds. The maximum Gasteiger partial charge on any atom is 0.258 e. The number of hydrogen-bond acceptors (Lipinski definition) is 4. The van der Waals surface area contributed by atoms with Crippen LogP contribution in [0.2, 0.25) is 5.02 Å². The third-order valence-corrected chi connectivity index (χ3v) is 4.92. The van der Waals surface area contributed by atoms with Gasteiger partial charge in [-0.1, -0.05) is 23.7 Å². The monoisotopic (exact) mass is 456 g/mol. The second kappa shape index (κ2) is 10.6. The molecule has 0 aliphatic carbocycles. The Kier molecular flexibility index (Phi) is 7.68. The molecule has 0 aliphatic heterocycles. The zero-order valence-electron chi connectivity index (χ0n) is 17.6. The molecule has 3 rings (SSSR count). The predicted octanol–water partition coefficient (Wildman–Crippen LogP) is 5.32. The summed E-state index contributed by atoms with van der Waals surface area (Å²) in [7, 11) is 3.04. The third kappa shape index (κ3) is 5.98. The molecule has 3 aromatic carbocycles. The number of methoxy groups -OCH3 is 2. The largest absolute Gasteiger partial charge is 0.497 e. The molecule has 0 bridgehead atoms. The Morgan fingerprint density at radius 1 is 0.969 bits per heavy atom. The molecule has 0 aromatic heterocycles. The number of carbonyl (C=O) groups is 2. The van der Waals surface area contributed by atoms with E-state index >= 15 is 0 Å². The zero-order valence-corrected chi connectivity index (χ0v) is 18.3. The number of ether oxygens (including phenoxy) is 2. The first kappa shape index (κ1) is 23.1. The second-order valence-corrected chi connectivity index (χ2v) is 7.33. The number of amides is 2. The molecule has 0 fully saturated rings. The molecule has 32 heavy (non-hydrogen) atoms. The molecule has 0 aliphatic rings. The normalized spacial score (nSPS) is 10.4. The minimum atomic E-state index is -0.740. The van der Waals surface area contributed by atoms with E-state index in [-0.39, 0.29) is 28.6 Å². The van der Waals surface area contributed by atoms with Crippen LogP contribution in [0.4, 0.5) is 15.8 Å². The highest BCUT2D eigenvalue weighted by Gasteiger charge is 2.15. The van der Waals surface area contributed by atoms with E-state index in [0.29, 0.717) is 17.9 Å². The van der Waals surface area contributed by atoms with Crippen LogP contribution in [0.25, 0.3) is 0 Å². The molecular weight excluding hydrogens is 435 g/mol. The Hall–Kier alpha value is -3.58. The number of hydrogen-bond donors (Lipinski definition) is 2. The lowest BCUT2D eigenvalue weighted by Crippen LogP contribution is -2.16. The van der Waals surface area contributed by atoms with Crippen molar-refractivity contribution < 1.29 is 23.5 Å². The van der Waals surface area contributed by atoms with E-state index in [2.05, 4.69) is 10.6 Å². The van der Waals surface area contributed by atoms with Gasteiger partial charge >= 0.3 is 0 Å². The van der Waals surface area contributed by atoms with Crippen LogP contribution in [0.5, 0.6) is 11.5 Å². The number of halogens is 2. The third-order valence-electron chi connectivity index (χ3n) is 4.68. The van der Waals surface area contributed by atoms with E-state index in [1.165, 1.54) is 19.2 Å². The van der Waals surface area contributed by atoms with Gasteiger partial charge in [-0.3, -0.25) is 9.59 Å².